The Labute approximate surface area is 119 Å². The van der Waals surface area contributed by atoms with Crippen LogP contribution in [0.1, 0.15) is 30.6 Å². The van der Waals surface area contributed by atoms with Crippen molar-refractivity contribution in [2.45, 2.75) is 32.5 Å². The Bertz CT molecular complexity index is 473. The van der Waals surface area contributed by atoms with E-state index in [1.54, 1.807) is 13.8 Å². The maximum Gasteiger partial charge on any atom is 0.390 e. The van der Waals surface area contributed by atoms with Crippen molar-refractivity contribution in [3.05, 3.63) is 5.56 Å². The minimum absolute atomic E-state index is 0.0296. The van der Waals surface area contributed by atoms with E-state index in [1.807, 2.05) is 0 Å². The fourth-order valence-electron chi connectivity index (χ4n) is 1.50. The first-order valence-electron chi connectivity index (χ1n) is 5.95. The number of carbonyl (C=O) groups is 1. The number of nitrogen functional groups attached to an aromatic ring is 1. The van der Waals surface area contributed by atoms with Crippen LogP contribution in [-0.4, -0.2) is 36.1 Å². The Morgan fingerprint density at radius 1 is 1.50 bits per heavy atom. The number of carbonyl (C=O) groups excluding carboxylic acids is 1. The second-order valence-corrected chi connectivity index (χ2v) is 5.41. The molecule has 9 heteroatoms. The third-order valence-electron chi connectivity index (χ3n) is 2.42. The Hall–Kier alpha value is -1.51. The van der Waals surface area contributed by atoms with Crippen molar-refractivity contribution in [3.63, 3.8) is 0 Å². The van der Waals surface area contributed by atoms with Crippen LogP contribution in [0.5, 0.6) is 0 Å². The van der Waals surface area contributed by atoms with Crippen LogP contribution in [0.2, 0.25) is 0 Å². The highest BCUT2D eigenvalue weighted by atomic mass is 32.1. The number of nitrogens with two attached hydrogens (primary N) is 1. The van der Waals surface area contributed by atoms with E-state index < -0.39 is 18.5 Å². The number of halogens is 3. The molecule has 0 aliphatic heterocycles. The topological polar surface area (TPSA) is 71.2 Å². The average molecular weight is 310 g/mol. The molecule has 0 unspecified atom stereocenters. The molecule has 1 heterocycles. The van der Waals surface area contributed by atoms with E-state index in [2.05, 4.69) is 9.69 Å². The van der Waals surface area contributed by atoms with Gasteiger partial charge in [0.1, 0.15) is 10.6 Å². The maximum absolute atomic E-state index is 12.2. The number of anilines is 2. The Balaban J connectivity index is 2.88. The van der Waals surface area contributed by atoms with E-state index >= 15 is 0 Å². The van der Waals surface area contributed by atoms with Crippen LogP contribution < -0.4 is 16.0 Å². The number of alkyl halides is 3. The van der Waals surface area contributed by atoms with Crippen molar-refractivity contribution in [1.29, 1.82) is 0 Å². The smallest absolute Gasteiger partial charge is 0.382 e. The molecule has 0 saturated carbocycles. The van der Waals surface area contributed by atoms with Crippen molar-refractivity contribution < 1.29 is 18.0 Å². The number of hydrogen-bond acceptors (Lipinski definition) is 5. The lowest BCUT2D eigenvalue weighted by atomic mass is 10.2. The van der Waals surface area contributed by atoms with Gasteiger partial charge in [-0.2, -0.15) is 17.5 Å². The van der Waals surface area contributed by atoms with E-state index in [0.29, 0.717) is 5.00 Å². The first-order chi connectivity index (χ1) is 9.11. The van der Waals surface area contributed by atoms with Crippen molar-refractivity contribution in [2.75, 3.05) is 24.2 Å². The molecule has 1 aromatic heterocycles. The lowest BCUT2D eigenvalue weighted by molar-refractivity contribution is -0.132. The van der Waals surface area contributed by atoms with Gasteiger partial charge in [-0.15, -0.1) is 0 Å². The van der Waals surface area contributed by atoms with Crippen molar-refractivity contribution in [3.8, 4) is 0 Å². The van der Waals surface area contributed by atoms with Crippen LogP contribution in [-0.2, 0) is 0 Å². The highest BCUT2D eigenvalue weighted by Crippen LogP contribution is 2.31. The Kier molecular flexibility index (Phi) is 5.21. The highest BCUT2D eigenvalue weighted by Gasteiger charge is 2.29. The van der Waals surface area contributed by atoms with Gasteiger partial charge in [-0.25, -0.2) is 0 Å². The summed E-state index contributed by atoms with van der Waals surface area (Å²) in [6.07, 6.45) is -5.21. The third-order valence-corrected chi connectivity index (χ3v) is 3.40. The van der Waals surface area contributed by atoms with Gasteiger partial charge in [0.2, 0.25) is 0 Å². The molecule has 5 nitrogen and oxygen atoms in total. The highest BCUT2D eigenvalue weighted by molar-refractivity contribution is 7.11. The van der Waals surface area contributed by atoms with Gasteiger partial charge >= 0.3 is 6.18 Å². The summed E-state index contributed by atoms with van der Waals surface area (Å²) in [5.74, 6) is -0.401. The summed E-state index contributed by atoms with van der Waals surface area (Å²) < 4.78 is 40.5. The second-order valence-electron chi connectivity index (χ2n) is 4.66. The summed E-state index contributed by atoms with van der Waals surface area (Å²) in [4.78, 5) is 13.3. The maximum atomic E-state index is 12.2. The molecule has 3 N–H and O–H groups in total. The minimum Gasteiger partial charge on any atom is -0.382 e. The van der Waals surface area contributed by atoms with Crippen LogP contribution in [0.25, 0.3) is 0 Å². The van der Waals surface area contributed by atoms with Gasteiger partial charge in [-0.3, -0.25) is 4.79 Å². The van der Waals surface area contributed by atoms with Crippen LogP contribution in [0, 0.1) is 0 Å². The van der Waals surface area contributed by atoms with Crippen LogP contribution in [0.4, 0.5) is 24.0 Å². The van der Waals surface area contributed by atoms with Gasteiger partial charge in [0.05, 0.1) is 6.42 Å². The van der Waals surface area contributed by atoms with E-state index in [9.17, 15) is 18.0 Å². The monoisotopic (exact) mass is 310 g/mol. The predicted molar refractivity (Wildman–Crippen MR) is 73.1 cm³/mol. The fourth-order valence-corrected chi connectivity index (χ4v) is 2.29. The standard InChI is InChI=1S/C11H17F3N4OS/c1-6(2)16-9(19)7-8(15)17-20-10(7)18(3)5-4-11(12,13)14/h6H,4-5H2,1-3H3,(H2,15,17)(H,16,19). The van der Waals surface area contributed by atoms with Crippen LogP contribution in [0.15, 0.2) is 0 Å². The van der Waals surface area contributed by atoms with Gasteiger partial charge in [-0.1, -0.05) is 0 Å². The first-order valence-corrected chi connectivity index (χ1v) is 6.73. The molecule has 0 radical (unpaired) electrons. The van der Waals surface area contributed by atoms with E-state index in [4.69, 9.17) is 5.73 Å². The molecule has 0 atom stereocenters. The number of rotatable bonds is 5. The van der Waals surface area contributed by atoms with E-state index in [0.717, 1.165) is 11.5 Å². The number of nitrogens with one attached hydrogen (secondary N) is 1. The van der Waals surface area contributed by atoms with Crippen molar-refractivity contribution in [1.82, 2.24) is 9.69 Å². The predicted octanol–water partition coefficient (Wildman–Crippen LogP) is 2.25. The van der Waals surface area contributed by atoms with Gasteiger partial charge in [0, 0.05) is 19.6 Å². The zero-order chi connectivity index (χ0) is 15.5. The molecule has 0 aliphatic carbocycles. The summed E-state index contributed by atoms with van der Waals surface area (Å²) in [5.41, 5.74) is 5.76. The third kappa shape index (κ3) is 4.55. The van der Waals surface area contributed by atoms with E-state index in [1.165, 1.54) is 11.9 Å². The zero-order valence-electron chi connectivity index (χ0n) is 11.4. The number of aromatic nitrogens is 1. The molecule has 0 aromatic carbocycles. The molecule has 114 valence electrons. The summed E-state index contributed by atoms with van der Waals surface area (Å²) in [6, 6.07) is -0.102. The van der Waals surface area contributed by atoms with Crippen molar-refractivity contribution in [2.24, 2.45) is 0 Å². The molecule has 20 heavy (non-hydrogen) atoms. The number of amides is 1. The normalized spacial score (nSPS) is 11.8. The summed E-state index contributed by atoms with van der Waals surface area (Å²) in [5, 5.41) is 2.99. The molecule has 0 aliphatic rings. The lowest BCUT2D eigenvalue weighted by Crippen LogP contribution is -2.32. The lowest BCUT2D eigenvalue weighted by Gasteiger charge is -2.19. The van der Waals surface area contributed by atoms with Gasteiger partial charge < -0.3 is 16.0 Å². The second kappa shape index (κ2) is 6.29. The molecule has 0 saturated heterocycles. The summed E-state index contributed by atoms with van der Waals surface area (Å²) in [6.45, 7) is 3.30. The molecule has 1 amide bonds. The largest absolute Gasteiger partial charge is 0.390 e. The number of hydrogen-bond donors (Lipinski definition) is 2. The minimum atomic E-state index is -4.25. The molecule has 0 fully saturated rings. The zero-order valence-corrected chi connectivity index (χ0v) is 12.2. The van der Waals surface area contributed by atoms with E-state index in [-0.39, 0.29) is 24.0 Å². The summed E-state index contributed by atoms with van der Waals surface area (Å²) >= 11 is 0.913. The summed E-state index contributed by atoms with van der Waals surface area (Å²) in [7, 11) is 1.48. The molecular weight excluding hydrogens is 293 g/mol. The van der Waals surface area contributed by atoms with Crippen LogP contribution in [0.3, 0.4) is 0 Å². The van der Waals surface area contributed by atoms with Gasteiger partial charge in [0.15, 0.2) is 5.82 Å². The fraction of sp³-hybridized carbons (Fsp3) is 0.636. The average Bonchev–Trinajstić information content (AvgIpc) is 2.66. The SMILES string of the molecule is CC(C)NC(=O)c1c(N)nsc1N(C)CCC(F)(F)F. The Morgan fingerprint density at radius 2 is 2.10 bits per heavy atom. The molecule has 1 aromatic rings. The molecule has 0 spiro atoms. The number of nitrogens with zero attached hydrogens (tertiary/aromatic N) is 2. The molecular formula is C11H17F3N4OS. The quantitative estimate of drug-likeness (QED) is 0.875. The van der Waals surface area contributed by atoms with Gasteiger partial charge in [-0.05, 0) is 25.4 Å². The van der Waals surface area contributed by atoms with Gasteiger partial charge in [0.25, 0.3) is 5.91 Å². The molecule has 1 rings (SSSR count). The van der Waals surface area contributed by atoms with Crippen LogP contribution >= 0.6 is 11.5 Å². The molecule has 0 bridgehead atoms. The Morgan fingerprint density at radius 3 is 2.60 bits per heavy atom. The van der Waals surface area contributed by atoms with Crippen molar-refractivity contribution >= 4 is 28.3 Å². The first kappa shape index (κ1) is 16.5.